The van der Waals surface area contributed by atoms with Crippen molar-refractivity contribution in [2.45, 2.75) is 19.5 Å². The van der Waals surface area contributed by atoms with Crippen molar-refractivity contribution in [3.05, 3.63) is 12.0 Å². The van der Waals surface area contributed by atoms with Gasteiger partial charge in [0.15, 0.2) is 6.29 Å². The number of nitrogens with zero attached hydrogens (tertiary/aromatic N) is 2. The first kappa shape index (κ1) is 10.1. The summed E-state index contributed by atoms with van der Waals surface area (Å²) in [7, 11) is 0. The van der Waals surface area contributed by atoms with Crippen LogP contribution in [0.1, 0.15) is 18.9 Å². The third-order valence-corrected chi connectivity index (χ3v) is 2.66. The van der Waals surface area contributed by atoms with Crippen LogP contribution in [0.5, 0.6) is 0 Å². The second-order valence-electron chi connectivity index (χ2n) is 3.83. The Morgan fingerprint density at radius 3 is 2.75 bits per heavy atom. The van der Waals surface area contributed by atoms with Crippen LogP contribution in [0.4, 0.5) is 6.01 Å². The van der Waals surface area contributed by atoms with Gasteiger partial charge in [-0.2, -0.15) is 4.98 Å². The van der Waals surface area contributed by atoms with Gasteiger partial charge in [-0.05, 0) is 6.92 Å². The van der Waals surface area contributed by atoms with Crippen LogP contribution in [0.2, 0.25) is 0 Å². The predicted molar refractivity (Wildman–Crippen MR) is 53.9 cm³/mol. The van der Waals surface area contributed by atoms with Gasteiger partial charge in [0.2, 0.25) is 6.29 Å². The Balaban J connectivity index is 1.67. The van der Waals surface area contributed by atoms with Crippen LogP contribution in [0, 0.1) is 0 Å². The van der Waals surface area contributed by atoms with E-state index in [1.54, 1.807) is 6.26 Å². The highest BCUT2D eigenvalue weighted by molar-refractivity contribution is 5.27. The molecule has 2 saturated heterocycles. The molecular weight excluding hydrogens is 212 g/mol. The molecule has 16 heavy (non-hydrogen) atoms. The SMILES string of the molecule is CC1OC(c2coc(N3CCOCC3)n2)O1. The van der Waals surface area contributed by atoms with Crippen molar-refractivity contribution >= 4 is 6.01 Å². The van der Waals surface area contributed by atoms with Crippen molar-refractivity contribution in [2.24, 2.45) is 0 Å². The Hall–Kier alpha value is -1.11. The summed E-state index contributed by atoms with van der Waals surface area (Å²) in [5.74, 6) is 0. The van der Waals surface area contributed by atoms with E-state index in [0.29, 0.717) is 24.9 Å². The maximum absolute atomic E-state index is 5.40. The van der Waals surface area contributed by atoms with Crippen molar-refractivity contribution in [1.29, 1.82) is 0 Å². The molecule has 3 heterocycles. The lowest BCUT2D eigenvalue weighted by Crippen LogP contribution is -2.36. The number of morpholine rings is 1. The molecule has 0 unspecified atom stereocenters. The van der Waals surface area contributed by atoms with E-state index in [1.807, 2.05) is 6.92 Å². The third kappa shape index (κ3) is 1.79. The molecular formula is C10H14N2O4. The van der Waals surface area contributed by atoms with Crippen molar-refractivity contribution in [2.75, 3.05) is 31.2 Å². The minimum absolute atomic E-state index is 0.145. The van der Waals surface area contributed by atoms with Crippen molar-refractivity contribution < 1.29 is 18.6 Å². The summed E-state index contributed by atoms with van der Waals surface area (Å²) < 4.78 is 21.3. The summed E-state index contributed by atoms with van der Waals surface area (Å²) in [6, 6.07) is 0.616. The first-order valence-electron chi connectivity index (χ1n) is 5.42. The summed E-state index contributed by atoms with van der Waals surface area (Å²) in [6.07, 6.45) is 1.07. The lowest BCUT2D eigenvalue weighted by atomic mass is 10.4. The Morgan fingerprint density at radius 2 is 2.06 bits per heavy atom. The van der Waals surface area contributed by atoms with Gasteiger partial charge >= 0.3 is 0 Å². The number of oxazole rings is 1. The molecule has 0 aromatic carbocycles. The Morgan fingerprint density at radius 1 is 1.31 bits per heavy atom. The molecule has 3 rings (SSSR count). The third-order valence-electron chi connectivity index (χ3n) is 2.66. The summed E-state index contributed by atoms with van der Waals surface area (Å²) in [5.41, 5.74) is 0.694. The molecule has 0 atom stereocenters. The summed E-state index contributed by atoms with van der Waals surface area (Å²) in [4.78, 5) is 6.39. The molecule has 0 bridgehead atoms. The molecule has 2 aliphatic rings. The lowest BCUT2D eigenvalue weighted by molar-refractivity contribution is -0.383. The van der Waals surface area contributed by atoms with Gasteiger partial charge in [-0.25, -0.2) is 0 Å². The van der Waals surface area contributed by atoms with E-state index in [-0.39, 0.29) is 12.6 Å². The molecule has 6 heteroatoms. The molecule has 88 valence electrons. The highest BCUT2D eigenvalue weighted by Crippen LogP contribution is 2.31. The van der Waals surface area contributed by atoms with Crippen LogP contribution < -0.4 is 4.90 Å². The van der Waals surface area contributed by atoms with Crippen LogP contribution in [-0.2, 0) is 14.2 Å². The minimum atomic E-state index is -0.367. The van der Waals surface area contributed by atoms with Gasteiger partial charge < -0.3 is 23.5 Å². The average molecular weight is 226 g/mol. The van der Waals surface area contributed by atoms with Gasteiger partial charge in [-0.3, -0.25) is 0 Å². The Labute approximate surface area is 93.1 Å². The minimum Gasteiger partial charge on any atom is -0.432 e. The second-order valence-corrected chi connectivity index (χ2v) is 3.83. The van der Waals surface area contributed by atoms with E-state index in [1.165, 1.54) is 0 Å². The van der Waals surface area contributed by atoms with E-state index in [9.17, 15) is 0 Å². The zero-order valence-corrected chi connectivity index (χ0v) is 9.09. The van der Waals surface area contributed by atoms with Crippen LogP contribution in [0.25, 0.3) is 0 Å². The van der Waals surface area contributed by atoms with Gasteiger partial charge in [-0.15, -0.1) is 0 Å². The molecule has 0 aliphatic carbocycles. The van der Waals surface area contributed by atoms with E-state index in [4.69, 9.17) is 18.6 Å². The van der Waals surface area contributed by atoms with Gasteiger partial charge in [0, 0.05) is 13.1 Å². The Kier molecular flexibility index (Phi) is 2.55. The summed E-state index contributed by atoms with van der Waals surface area (Å²) >= 11 is 0. The number of hydrogen-bond donors (Lipinski definition) is 0. The van der Waals surface area contributed by atoms with E-state index < -0.39 is 0 Å². The highest BCUT2D eigenvalue weighted by Gasteiger charge is 2.31. The molecule has 1 aromatic rings. The van der Waals surface area contributed by atoms with Gasteiger partial charge in [0.25, 0.3) is 6.01 Å². The quantitative estimate of drug-likeness (QED) is 0.746. The lowest BCUT2D eigenvalue weighted by Gasteiger charge is -2.32. The molecule has 0 spiro atoms. The molecule has 0 radical (unpaired) electrons. The maximum Gasteiger partial charge on any atom is 0.297 e. The monoisotopic (exact) mass is 226 g/mol. The van der Waals surface area contributed by atoms with Crippen molar-refractivity contribution in [1.82, 2.24) is 4.98 Å². The van der Waals surface area contributed by atoms with Crippen molar-refractivity contribution in [3.8, 4) is 0 Å². The Bertz CT molecular complexity index is 355. The average Bonchev–Trinajstić information content (AvgIpc) is 2.75. The first-order valence-corrected chi connectivity index (χ1v) is 5.42. The van der Waals surface area contributed by atoms with Gasteiger partial charge in [0.1, 0.15) is 12.0 Å². The van der Waals surface area contributed by atoms with Crippen LogP contribution >= 0.6 is 0 Å². The normalized spacial score (nSPS) is 30.2. The smallest absolute Gasteiger partial charge is 0.297 e. The molecule has 0 N–H and O–H groups in total. The molecule has 1 aromatic heterocycles. The topological polar surface area (TPSA) is 57.0 Å². The number of anilines is 1. The summed E-state index contributed by atoms with van der Waals surface area (Å²) in [5, 5.41) is 0. The maximum atomic E-state index is 5.40. The largest absolute Gasteiger partial charge is 0.432 e. The van der Waals surface area contributed by atoms with Crippen LogP contribution in [0.3, 0.4) is 0 Å². The van der Waals surface area contributed by atoms with Crippen LogP contribution in [-0.4, -0.2) is 37.6 Å². The zero-order chi connectivity index (χ0) is 11.0. The number of ether oxygens (including phenoxy) is 3. The van der Waals surface area contributed by atoms with E-state index >= 15 is 0 Å². The van der Waals surface area contributed by atoms with E-state index in [0.717, 1.165) is 13.1 Å². The van der Waals surface area contributed by atoms with Gasteiger partial charge in [0.05, 0.1) is 13.2 Å². The molecule has 2 fully saturated rings. The fraction of sp³-hybridized carbons (Fsp3) is 0.700. The molecule has 2 aliphatic heterocycles. The number of aromatic nitrogens is 1. The van der Waals surface area contributed by atoms with Gasteiger partial charge in [-0.1, -0.05) is 0 Å². The number of rotatable bonds is 2. The fourth-order valence-corrected chi connectivity index (χ4v) is 1.78. The molecule has 6 nitrogen and oxygen atoms in total. The predicted octanol–water partition coefficient (Wildman–Crippen LogP) is 0.903. The number of hydrogen-bond acceptors (Lipinski definition) is 6. The van der Waals surface area contributed by atoms with Crippen LogP contribution in [0.15, 0.2) is 10.7 Å². The first-order chi connectivity index (χ1) is 7.83. The summed E-state index contributed by atoms with van der Waals surface area (Å²) in [6.45, 7) is 4.89. The zero-order valence-electron chi connectivity index (χ0n) is 9.09. The second kappa shape index (κ2) is 4.04. The standard InChI is InChI=1S/C10H14N2O4/c1-7-15-9(16-7)8-6-14-10(11-8)12-2-4-13-5-3-12/h6-7,9H,2-5H2,1H3. The molecule has 0 amide bonds. The van der Waals surface area contributed by atoms with E-state index in [2.05, 4.69) is 9.88 Å². The van der Waals surface area contributed by atoms with Crippen molar-refractivity contribution in [3.63, 3.8) is 0 Å². The molecule has 0 saturated carbocycles. The highest BCUT2D eigenvalue weighted by atomic mass is 16.9. The fourth-order valence-electron chi connectivity index (χ4n) is 1.78.